The molecule has 0 bridgehead atoms. The predicted molar refractivity (Wildman–Crippen MR) is 93.9 cm³/mol. The monoisotopic (exact) mass is 339 g/mol. The van der Waals surface area contributed by atoms with Crippen molar-refractivity contribution in [3.63, 3.8) is 0 Å². The first-order valence-electron chi connectivity index (χ1n) is 7.93. The van der Waals surface area contributed by atoms with Gasteiger partial charge in [0.2, 0.25) is 0 Å². The lowest BCUT2D eigenvalue weighted by Crippen LogP contribution is -2.39. The van der Waals surface area contributed by atoms with E-state index >= 15 is 0 Å². The van der Waals surface area contributed by atoms with E-state index in [2.05, 4.69) is 15.0 Å². The van der Waals surface area contributed by atoms with Gasteiger partial charge in [-0.2, -0.15) is 0 Å². The Morgan fingerprint density at radius 3 is 3.04 bits per heavy atom. The number of likely N-dealkylation sites (tertiary alicyclic amines) is 1. The van der Waals surface area contributed by atoms with Crippen molar-refractivity contribution in [2.24, 2.45) is 0 Å². The molecule has 0 aromatic carbocycles. The molecule has 2 N–H and O–H groups in total. The maximum absolute atomic E-state index is 12.6. The lowest BCUT2D eigenvalue weighted by Gasteiger charge is -2.32. The molecule has 0 aliphatic carbocycles. The van der Waals surface area contributed by atoms with E-state index in [0.29, 0.717) is 22.9 Å². The van der Waals surface area contributed by atoms with Crippen LogP contribution < -0.4 is 5.73 Å². The van der Waals surface area contributed by atoms with Gasteiger partial charge in [0.25, 0.3) is 5.91 Å². The van der Waals surface area contributed by atoms with Gasteiger partial charge in [-0.15, -0.1) is 0 Å². The highest BCUT2D eigenvalue weighted by atomic mass is 32.1. The minimum atomic E-state index is 0.0341. The van der Waals surface area contributed by atoms with Crippen molar-refractivity contribution in [1.82, 2.24) is 19.9 Å². The number of nitrogens with zero attached hydrogens (tertiary/aromatic N) is 4. The third kappa shape index (κ3) is 2.82. The van der Waals surface area contributed by atoms with Crippen LogP contribution >= 0.6 is 11.3 Å². The summed E-state index contributed by atoms with van der Waals surface area (Å²) in [6.07, 6.45) is 5.29. The fourth-order valence-corrected chi connectivity index (χ4v) is 3.83. The number of rotatable bonds is 2. The Labute approximate surface area is 143 Å². The van der Waals surface area contributed by atoms with Crippen LogP contribution in [0.4, 0.5) is 5.13 Å². The molecule has 0 saturated carbocycles. The van der Waals surface area contributed by atoms with Crippen molar-refractivity contribution in [3.05, 3.63) is 47.9 Å². The van der Waals surface area contributed by atoms with Gasteiger partial charge in [0.05, 0.1) is 10.3 Å². The van der Waals surface area contributed by atoms with Crippen LogP contribution in [0.3, 0.4) is 0 Å². The average Bonchev–Trinajstić information content (AvgIpc) is 3.01. The fourth-order valence-electron chi connectivity index (χ4n) is 3.15. The van der Waals surface area contributed by atoms with Crippen molar-refractivity contribution >= 4 is 32.7 Å². The number of pyridine rings is 2. The first-order valence-corrected chi connectivity index (χ1v) is 8.74. The summed E-state index contributed by atoms with van der Waals surface area (Å²) in [5.74, 6) is 0.262. The molecule has 3 aromatic heterocycles. The summed E-state index contributed by atoms with van der Waals surface area (Å²) in [4.78, 5) is 27.5. The van der Waals surface area contributed by atoms with Crippen LogP contribution in [0.2, 0.25) is 0 Å². The van der Waals surface area contributed by atoms with E-state index in [9.17, 15) is 4.79 Å². The van der Waals surface area contributed by atoms with E-state index in [0.717, 1.165) is 29.8 Å². The van der Waals surface area contributed by atoms with E-state index < -0.39 is 0 Å². The Morgan fingerprint density at radius 2 is 2.21 bits per heavy atom. The predicted octanol–water partition coefficient (Wildman–Crippen LogP) is 2.69. The Balaban J connectivity index is 1.56. The number of carbonyl (C=O) groups excluding carboxylic acids is 1. The number of hydrogen-bond donors (Lipinski definition) is 1. The Hall–Kier alpha value is -2.54. The second-order valence-corrected chi connectivity index (χ2v) is 7.00. The average molecular weight is 339 g/mol. The van der Waals surface area contributed by atoms with Crippen molar-refractivity contribution in [2.75, 3.05) is 18.8 Å². The number of carbonyl (C=O) groups is 1. The second-order valence-electron chi connectivity index (χ2n) is 5.94. The Kier molecular flexibility index (Phi) is 3.86. The van der Waals surface area contributed by atoms with E-state index in [1.807, 2.05) is 17.0 Å². The lowest BCUT2D eigenvalue weighted by atomic mass is 9.94. The fraction of sp³-hybridized carbons (Fsp3) is 0.294. The molecule has 122 valence electrons. The molecule has 1 aliphatic rings. The number of nitrogens with two attached hydrogens (primary N) is 1. The van der Waals surface area contributed by atoms with Crippen molar-refractivity contribution in [1.29, 1.82) is 0 Å². The largest absolute Gasteiger partial charge is 0.375 e. The Morgan fingerprint density at radius 1 is 1.29 bits per heavy atom. The molecule has 7 heteroatoms. The molecule has 4 rings (SSSR count). The Bertz CT molecular complexity index is 879. The molecule has 0 unspecified atom stereocenters. The molecule has 1 aliphatic heterocycles. The van der Waals surface area contributed by atoms with Gasteiger partial charge in [-0.3, -0.25) is 9.78 Å². The first kappa shape index (κ1) is 15.0. The molecule has 1 saturated heterocycles. The van der Waals surface area contributed by atoms with Gasteiger partial charge in [-0.25, -0.2) is 9.97 Å². The zero-order valence-electron chi connectivity index (χ0n) is 13.1. The van der Waals surface area contributed by atoms with Crippen molar-refractivity contribution in [2.45, 2.75) is 18.8 Å². The minimum absolute atomic E-state index is 0.0341. The van der Waals surface area contributed by atoms with Gasteiger partial charge < -0.3 is 10.6 Å². The number of fused-ring (bicyclic) bond motifs is 1. The van der Waals surface area contributed by atoms with Gasteiger partial charge in [0.15, 0.2) is 10.8 Å². The van der Waals surface area contributed by atoms with Crippen LogP contribution in [0, 0.1) is 0 Å². The number of aromatic nitrogens is 3. The van der Waals surface area contributed by atoms with E-state index in [4.69, 9.17) is 5.73 Å². The highest BCUT2D eigenvalue weighted by Gasteiger charge is 2.26. The molecule has 6 nitrogen and oxygen atoms in total. The van der Waals surface area contributed by atoms with E-state index in [1.165, 1.54) is 11.3 Å². The van der Waals surface area contributed by atoms with Crippen LogP contribution in [0.15, 0.2) is 36.7 Å². The topological polar surface area (TPSA) is 85.0 Å². The third-order valence-electron chi connectivity index (χ3n) is 4.33. The number of hydrogen-bond acceptors (Lipinski definition) is 6. The van der Waals surface area contributed by atoms with Gasteiger partial charge >= 0.3 is 0 Å². The molecule has 3 aromatic rings. The summed E-state index contributed by atoms with van der Waals surface area (Å²) in [5, 5.41) is 0.534. The highest BCUT2D eigenvalue weighted by Crippen LogP contribution is 2.29. The van der Waals surface area contributed by atoms with Crippen molar-refractivity contribution < 1.29 is 4.79 Å². The lowest BCUT2D eigenvalue weighted by molar-refractivity contribution is 0.0705. The molecule has 0 radical (unpaired) electrons. The molecule has 0 spiro atoms. The molecular formula is C17H17N5OS. The van der Waals surface area contributed by atoms with Gasteiger partial charge in [-0.1, -0.05) is 11.3 Å². The van der Waals surface area contributed by atoms with Crippen molar-refractivity contribution in [3.8, 4) is 0 Å². The summed E-state index contributed by atoms with van der Waals surface area (Å²) in [6, 6.07) is 7.65. The molecule has 1 atom stereocenters. The maximum atomic E-state index is 12.6. The zero-order valence-corrected chi connectivity index (χ0v) is 13.9. The van der Waals surface area contributed by atoms with Crippen LogP contribution in [0.25, 0.3) is 10.3 Å². The van der Waals surface area contributed by atoms with E-state index in [1.54, 1.807) is 24.5 Å². The SMILES string of the molecule is Nc1nc2nc([C@@H]3CCCN(C(=O)c4cccnc4)C3)ccc2s1. The van der Waals surface area contributed by atoms with Gasteiger partial charge in [0.1, 0.15) is 0 Å². The molecule has 4 heterocycles. The number of piperidine rings is 1. The summed E-state index contributed by atoms with van der Waals surface area (Å²) >= 11 is 1.44. The van der Waals surface area contributed by atoms with E-state index in [-0.39, 0.29) is 11.8 Å². The van der Waals surface area contributed by atoms with Crippen LogP contribution in [0.5, 0.6) is 0 Å². The minimum Gasteiger partial charge on any atom is -0.375 e. The summed E-state index contributed by atoms with van der Waals surface area (Å²) < 4.78 is 0.996. The molecule has 24 heavy (non-hydrogen) atoms. The maximum Gasteiger partial charge on any atom is 0.255 e. The second kappa shape index (κ2) is 6.16. The number of nitrogen functional groups attached to an aromatic ring is 1. The highest BCUT2D eigenvalue weighted by molar-refractivity contribution is 7.21. The summed E-state index contributed by atoms with van der Waals surface area (Å²) in [6.45, 7) is 1.45. The molecular weight excluding hydrogens is 322 g/mol. The molecule has 1 fully saturated rings. The van der Waals surface area contributed by atoms with Gasteiger partial charge in [0, 0.05) is 37.1 Å². The van der Waals surface area contributed by atoms with Crippen LogP contribution in [-0.4, -0.2) is 38.8 Å². The van der Waals surface area contributed by atoms with Gasteiger partial charge in [-0.05, 0) is 37.1 Å². The summed E-state index contributed by atoms with van der Waals surface area (Å²) in [7, 11) is 0. The number of anilines is 1. The molecule has 1 amide bonds. The summed E-state index contributed by atoms with van der Waals surface area (Å²) in [5.41, 5.74) is 8.07. The number of thiazole rings is 1. The zero-order chi connectivity index (χ0) is 16.5. The number of amides is 1. The third-order valence-corrected chi connectivity index (χ3v) is 5.17. The normalized spacial score (nSPS) is 18.0. The standard InChI is InChI=1S/C17H17N5OS/c18-17-21-15-14(24-17)6-5-13(20-15)12-4-2-8-22(10-12)16(23)11-3-1-7-19-9-11/h1,3,5-7,9,12H,2,4,8,10H2,(H2,18,20,21)/t12-/m1/s1. The van der Waals surface area contributed by atoms with Crippen LogP contribution in [0.1, 0.15) is 34.8 Å². The van der Waals surface area contributed by atoms with Crippen LogP contribution in [-0.2, 0) is 0 Å². The quantitative estimate of drug-likeness (QED) is 0.776. The first-order chi connectivity index (χ1) is 11.7. The smallest absolute Gasteiger partial charge is 0.255 e.